The summed E-state index contributed by atoms with van der Waals surface area (Å²) in [5.41, 5.74) is -0.662. The predicted octanol–water partition coefficient (Wildman–Crippen LogP) is 0.689. The molecule has 2 amide bonds. The summed E-state index contributed by atoms with van der Waals surface area (Å²) in [7, 11) is 1.52. The van der Waals surface area contributed by atoms with Crippen LogP contribution in [-0.4, -0.2) is 49.8 Å². The van der Waals surface area contributed by atoms with E-state index in [1.165, 1.54) is 7.11 Å². The molecule has 0 radical (unpaired) electrons. The van der Waals surface area contributed by atoms with Crippen LogP contribution in [0.25, 0.3) is 0 Å². The number of hydrogen-bond acceptors (Lipinski definition) is 4. The van der Waals surface area contributed by atoms with E-state index in [4.69, 9.17) is 4.74 Å². The number of aliphatic hydroxyl groups is 1. The van der Waals surface area contributed by atoms with Gasteiger partial charge >= 0.3 is 0 Å². The minimum atomic E-state index is -1.16. The van der Waals surface area contributed by atoms with E-state index in [1.54, 1.807) is 13.8 Å². The minimum Gasteiger partial charge on any atom is -0.384 e. The molecule has 0 aromatic rings. The number of nitrogens with one attached hydrogen (secondary N) is 2. The lowest BCUT2D eigenvalue weighted by atomic mass is 9.87. The lowest BCUT2D eigenvalue weighted by Crippen LogP contribution is -2.46. The van der Waals surface area contributed by atoms with Crippen LogP contribution in [0.15, 0.2) is 0 Å². The number of aliphatic hydroxyl groups excluding tert-OH is 1. The van der Waals surface area contributed by atoms with Gasteiger partial charge in [-0.05, 0) is 6.92 Å². The first-order valence-corrected chi connectivity index (χ1v) is 7.06. The highest BCUT2D eigenvalue weighted by Gasteiger charge is 2.33. The highest BCUT2D eigenvalue weighted by Crippen LogP contribution is 2.20. The van der Waals surface area contributed by atoms with Gasteiger partial charge in [-0.2, -0.15) is 0 Å². The van der Waals surface area contributed by atoms with E-state index in [2.05, 4.69) is 10.6 Å². The molecule has 20 heavy (non-hydrogen) atoms. The summed E-state index contributed by atoms with van der Waals surface area (Å²) in [5.74, 6) is -0.607. The average Bonchev–Trinajstić information content (AvgIpc) is 2.40. The van der Waals surface area contributed by atoms with E-state index in [-0.39, 0.29) is 25.5 Å². The smallest absolute Gasteiger partial charge is 0.249 e. The van der Waals surface area contributed by atoms with Crippen LogP contribution in [0, 0.1) is 5.41 Å². The van der Waals surface area contributed by atoms with Crippen molar-refractivity contribution in [3.05, 3.63) is 0 Å². The normalized spacial score (nSPS) is 11.9. The molecule has 1 unspecified atom stereocenters. The topological polar surface area (TPSA) is 87.7 Å². The Morgan fingerprint density at radius 2 is 1.80 bits per heavy atom. The summed E-state index contributed by atoms with van der Waals surface area (Å²) in [4.78, 5) is 22.8. The van der Waals surface area contributed by atoms with Crippen LogP contribution in [0.3, 0.4) is 0 Å². The Kier molecular flexibility index (Phi) is 12.3. The van der Waals surface area contributed by atoms with Gasteiger partial charge in [-0.15, -0.1) is 0 Å². The second-order valence-corrected chi connectivity index (χ2v) is 4.82. The summed E-state index contributed by atoms with van der Waals surface area (Å²) in [6, 6.07) is 0. The summed E-state index contributed by atoms with van der Waals surface area (Å²) >= 11 is 0. The molecule has 0 aliphatic rings. The molecule has 0 saturated heterocycles. The van der Waals surface area contributed by atoms with Crippen LogP contribution >= 0.6 is 0 Å². The number of hydrogen-bond donors (Lipinski definition) is 3. The third-order valence-corrected chi connectivity index (χ3v) is 2.53. The Morgan fingerprint density at radius 3 is 2.25 bits per heavy atom. The van der Waals surface area contributed by atoms with E-state index in [9.17, 15) is 14.7 Å². The Bertz CT molecular complexity index is 280. The zero-order valence-electron chi connectivity index (χ0n) is 13.6. The summed E-state index contributed by atoms with van der Waals surface area (Å²) < 4.78 is 4.95. The molecule has 1 atom stereocenters. The molecule has 0 bridgehead atoms. The Labute approximate surface area is 122 Å². The molecule has 0 aliphatic carbocycles. The van der Waals surface area contributed by atoms with Crippen LogP contribution in [0.2, 0.25) is 0 Å². The number of amides is 2. The van der Waals surface area contributed by atoms with Crippen molar-refractivity contribution < 1.29 is 19.4 Å². The Balaban J connectivity index is 0. The zero-order valence-corrected chi connectivity index (χ0v) is 13.6. The maximum Gasteiger partial charge on any atom is 0.249 e. The first-order chi connectivity index (χ1) is 9.35. The monoisotopic (exact) mass is 290 g/mol. The molecule has 0 fully saturated rings. The minimum absolute atomic E-state index is 0.122. The summed E-state index contributed by atoms with van der Waals surface area (Å²) in [6.07, 6.45) is -0.955. The van der Waals surface area contributed by atoms with Gasteiger partial charge < -0.3 is 20.5 Å². The van der Waals surface area contributed by atoms with Gasteiger partial charge in [0.15, 0.2) is 0 Å². The number of ether oxygens (including phenoxy) is 1. The van der Waals surface area contributed by atoms with Crippen molar-refractivity contribution in [3.63, 3.8) is 0 Å². The highest BCUT2D eigenvalue weighted by atomic mass is 16.5. The summed E-state index contributed by atoms with van der Waals surface area (Å²) in [5, 5.41) is 15.0. The van der Waals surface area contributed by atoms with Crippen molar-refractivity contribution in [1.29, 1.82) is 0 Å². The van der Waals surface area contributed by atoms with E-state index in [0.29, 0.717) is 6.54 Å². The Morgan fingerprint density at radius 1 is 1.25 bits per heavy atom. The first kappa shape index (κ1) is 21.2. The average molecular weight is 290 g/mol. The van der Waals surface area contributed by atoms with Gasteiger partial charge in [0.2, 0.25) is 11.8 Å². The van der Waals surface area contributed by atoms with Gasteiger partial charge in [0, 0.05) is 32.0 Å². The number of methoxy groups -OCH3 is 1. The fraction of sp³-hybridized carbons (Fsp3) is 0.857. The molecule has 0 aliphatic heterocycles. The van der Waals surface area contributed by atoms with Gasteiger partial charge in [0.05, 0.1) is 6.61 Å². The van der Waals surface area contributed by atoms with E-state index >= 15 is 0 Å². The van der Waals surface area contributed by atoms with E-state index in [1.807, 2.05) is 20.8 Å². The van der Waals surface area contributed by atoms with Gasteiger partial charge in [-0.25, -0.2) is 0 Å². The molecule has 120 valence electrons. The van der Waals surface area contributed by atoms with Gasteiger partial charge in [0.25, 0.3) is 0 Å². The third-order valence-electron chi connectivity index (χ3n) is 2.53. The van der Waals surface area contributed by atoms with Crippen LogP contribution < -0.4 is 10.6 Å². The van der Waals surface area contributed by atoms with Gasteiger partial charge in [-0.1, -0.05) is 27.7 Å². The van der Waals surface area contributed by atoms with E-state index < -0.39 is 17.4 Å². The fourth-order valence-electron chi connectivity index (χ4n) is 1.49. The molecule has 3 N–H and O–H groups in total. The second-order valence-electron chi connectivity index (χ2n) is 4.82. The molecule has 0 spiro atoms. The molecular weight excluding hydrogens is 260 g/mol. The van der Waals surface area contributed by atoms with Crippen molar-refractivity contribution in [2.24, 2.45) is 5.41 Å². The zero-order chi connectivity index (χ0) is 16.2. The SMILES string of the molecule is CC.CCNC(=O)CCNC(=O)C(O)C(C)(C)COC. The van der Waals surface area contributed by atoms with E-state index in [0.717, 1.165) is 0 Å². The lowest BCUT2D eigenvalue weighted by Gasteiger charge is -2.28. The number of rotatable bonds is 8. The van der Waals surface area contributed by atoms with Crippen LogP contribution in [0.4, 0.5) is 0 Å². The van der Waals surface area contributed by atoms with Crippen molar-refractivity contribution >= 4 is 11.8 Å². The maximum absolute atomic E-state index is 11.7. The predicted molar refractivity (Wildman–Crippen MR) is 79.3 cm³/mol. The Hall–Kier alpha value is -1.14. The number of carbonyl (C=O) groups is 2. The van der Waals surface area contributed by atoms with Crippen molar-refractivity contribution in [2.75, 3.05) is 26.8 Å². The largest absolute Gasteiger partial charge is 0.384 e. The van der Waals surface area contributed by atoms with Gasteiger partial charge in [0.1, 0.15) is 6.10 Å². The van der Waals surface area contributed by atoms with Crippen molar-refractivity contribution in [3.8, 4) is 0 Å². The standard InChI is InChI=1S/C12H24N2O4.C2H6/c1-5-13-9(15)6-7-14-11(17)10(16)12(2,3)8-18-4;1-2/h10,16H,5-8H2,1-4H3,(H,13,15)(H,14,17);1-2H3. The van der Waals surface area contributed by atoms with Crippen LogP contribution in [0.5, 0.6) is 0 Å². The molecular formula is C14H30N2O4. The molecule has 0 rings (SSSR count). The molecule has 0 aromatic carbocycles. The second kappa shape index (κ2) is 11.7. The van der Waals surface area contributed by atoms with Gasteiger partial charge in [-0.3, -0.25) is 9.59 Å². The molecule has 6 heteroatoms. The maximum atomic E-state index is 11.7. The first-order valence-electron chi connectivity index (χ1n) is 7.06. The summed E-state index contributed by atoms with van der Waals surface area (Å²) in [6.45, 7) is 10.4. The van der Waals surface area contributed by atoms with Crippen molar-refractivity contribution in [1.82, 2.24) is 10.6 Å². The highest BCUT2D eigenvalue weighted by molar-refractivity contribution is 5.82. The van der Waals surface area contributed by atoms with Crippen molar-refractivity contribution in [2.45, 2.75) is 47.1 Å². The number of carbonyl (C=O) groups excluding carboxylic acids is 2. The quantitative estimate of drug-likeness (QED) is 0.614. The third kappa shape index (κ3) is 8.87. The lowest BCUT2D eigenvalue weighted by molar-refractivity contribution is -0.137. The molecule has 0 saturated carbocycles. The molecule has 6 nitrogen and oxygen atoms in total. The molecule has 0 heterocycles. The van der Waals surface area contributed by atoms with Crippen LogP contribution in [0.1, 0.15) is 41.0 Å². The molecule has 0 aromatic heterocycles. The fourth-order valence-corrected chi connectivity index (χ4v) is 1.49. The van der Waals surface area contributed by atoms with Crippen LogP contribution in [-0.2, 0) is 14.3 Å².